The molecule has 0 aliphatic rings. The first-order valence-electron chi connectivity index (χ1n) is 6.52. The molecule has 23 heavy (non-hydrogen) atoms. The molecular formula is C15H13N3O4S. The molecule has 2 aromatic carbocycles. The van der Waals surface area contributed by atoms with Crippen LogP contribution in [0.15, 0.2) is 48.5 Å². The number of non-ortho nitro benzene ring substituents is 1. The van der Waals surface area contributed by atoms with Gasteiger partial charge in [-0.25, -0.2) is 0 Å². The van der Waals surface area contributed by atoms with Gasteiger partial charge in [0.15, 0.2) is 0 Å². The fraction of sp³-hybridized carbons (Fsp3) is 0.0667. The molecule has 7 nitrogen and oxygen atoms in total. The maximum Gasteiger partial charge on any atom is 0.276 e. The molecule has 0 radical (unpaired) electrons. The van der Waals surface area contributed by atoms with Crippen LogP contribution in [0.4, 0.5) is 16.2 Å². The molecule has 0 aliphatic heterocycles. The lowest BCUT2D eigenvalue weighted by molar-refractivity contribution is -0.384. The van der Waals surface area contributed by atoms with Crippen molar-refractivity contribution < 1.29 is 14.5 Å². The average Bonchev–Trinajstić information content (AvgIpc) is 2.54. The molecule has 2 rings (SSSR count). The maximum absolute atomic E-state index is 11.6. The summed E-state index contributed by atoms with van der Waals surface area (Å²) in [7, 11) is 0. The van der Waals surface area contributed by atoms with Crippen molar-refractivity contribution in [2.24, 2.45) is 5.73 Å². The predicted molar refractivity (Wildman–Crippen MR) is 89.2 cm³/mol. The minimum Gasteiger partial charge on any atom is -0.361 e. The number of thioether (sulfide) groups is 1. The monoisotopic (exact) mass is 331 g/mol. The van der Waals surface area contributed by atoms with Crippen molar-refractivity contribution in [1.82, 2.24) is 0 Å². The number of carbonyl (C=O) groups is 2. The first kappa shape index (κ1) is 16.5. The minimum atomic E-state index is -0.603. The van der Waals surface area contributed by atoms with E-state index in [1.807, 2.05) is 0 Å². The third kappa shape index (κ3) is 4.82. The van der Waals surface area contributed by atoms with Gasteiger partial charge in [-0.15, -0.1) is 0 Å². The molecule has 0 bridgehead atoms. The fourth-order valence-corrected chi connectivity index (χ4v) is 2.20. The van der Waals surface area contributed by atoms with Gasteiger partial charge in [0.1, 0.15) is 0 Å². The Balaban J connectivity index is 2.02. The second kappa shape index (κ2) is 7.41. The summed E-state index contributed by atoms with van der Waals surface area (Å²) in [5, 5.41) is 12.7. The summed E-state index contributed by atoms with van der Waals surface area (Å²) < 4.78 is 0. The van der Waals surface area contributed by atoms with Gasteiger partial charge in [0.05, 0.1) is 10.7 Å². The van der Waals surface area contributed by atoms with E-state index in [0.717, 1.165) is 22.9 Å². The van der Waals surface area contributed by atoms with E-state index in [1.54, 1.807) is 36.4 Å². The number of amides is 2. The highest BCUT2D eigenvalue weighted by atomic mass is 32.2. The van der Waals surface area contributed by atoms with Crippen molar-refractivity contribution in [3.63, 3.8) is 0 Å². The van der Waals surface area contributed by atoms with Crippen LogP contribution in [0.3, 0.4) is 0 Å². The number of benzene rings is 2. The fourth-order valence-electron chi connectivity index (χ4n) is 1.86. The highest BCUT2D eigenvalue weighted by Gasteiger charge is 2.07. The van der Waals surface area contributed by atoms with Crippen LogP contribution in [-0.4, -0.2) is 21.8 Å². The van der Waals surface area contributed by atoms with E-state index in [4.69, 9.17) is 5.73 Å². The van der Waals surface area contributed by atoms with Crippen LogP contribution in [0.5, 0.6) is 0 Å². The first-order chi connectivity index (χ1) is 11.0. The molecule has 0 atom stereocenters. The lowest BCUT2D eigenvalue weighted by Gasteiger charge is -2.06. The third-order valence-electron chi connectivity index (χ3n) is 2.93. The normalized spacial score (nSPS) is 10.1. The molecule has 2 aromatic rings. The van der Waals surface area contributed by atoms with E-state index in [9.17, 15) is 19.7 Å². The molecule has 2 amide bonds. The van der Waals surface area contributed by atoms with Gasteiger partial charge < -0.3 is 11.1 Å². The SMILES string of the molecule is NC(=O)SCC(=O)Nc1ccc(-c2ccc([N+](=O)[O-])cc2)cc1. The van der Waals surface area contributed by atoms with Crippen LogP contribution in [0.25, 0.3) is 11.1 Å². The Hall–Kier alpha value is -2.87. The van der Waals surface area contributed by atoms with Crippen LogP contribution >= 0.6 is 11.8 Å². The van der Waals surface area contributed by atoms with Crippen molar-refractivity contribution in [3.05, 3.63) is 58.6 Å². The molecule has 8 heteroatoms. The Bertz CT molecular complexity index is 729. The topological polar surface area (TPSA) is 115 Å². The Morgan fingerprint density at radius 2 is 1.57 bits per heavy atom. The maximum atomic E-state index is 11.6. The zero-order chi connectivity index (χ0) is 16.8. The number of hydrogen-bond donors (Lipinski definition) is 2. The van der Waals surface area contributed by atoms with Gasteiger partial charge >= 0.3 is 0 Å². The number of nitro groups is 1. The van der Waals surface area contributed by atoms with Crippen LogP contribution in [0.2, 0.25) is 0 Å². The lowest BCUT2D eigenvalue weighted by atomic mass is 10.1. The Morgan fingerprint density at radius 3 is 2.04 bits per heavy atom. The Labute approximate surface area is 136 Å². The first-order valence-corrected chi connectivity index (χ1v) is 7.51. The number of nitro benzene ring substituents is 1. The molecule has 0 spiro atoms. The van der Waals surface area contributed by atoms with Crippen molar-refractivity contribution >= 4 is 34.3 Å². The quantitative estimate of drug-likeness (QED) is 0.645. The van der Waals surface area contributed by atoms with Crippen molar-refractivity contribution in [2.75, 3.05) is 11.1 Å². The average molecular weight is 331 g/mol. The number of primary amides is 1. The van der Waals surface area contributed by atoms with Gasteiger partial charge in [-0.05, 0) is 35.4 Å². The van der Waals surface area contributed by atoms with Gasteiger partial charge in [-0.3, -0.25) is 19.7 Å². The molecule has 0 saturated heterocycles. The molecule has 0 aromatic heterocycles. The Morgan fingerprint density at radius 1 is 1.04 bits per heavy atom. The molecule has 0 fully saturated rings. The second-order valence-electron chi connectivity index (χ2n) is 4.54. The minimum absolute atomic E-state index is 0.0320. The summed E-state index contributed by atoms with van der Waals surface area (Å²) >= 11 is 0.734. The molecule has 118 valence electrons. The zero-order valence-electron chi connectivity index (χ0n) is 11.9. The predicted octanol–water partition coefficient (Wildman–Crippen LogP) is 3.01. The highest BCUT2D eigenvalue weighted by molar-refractivity contribution is 8.14. The number of rotatable bonds is 5. The van der Waals surface area contributed by atoms with Crippen LogP contribution in [-0.2, 0) is 4.79 Å². The summed E-state index contributed by atoms with van der Waals surface area (Å²) in [6.45, 7) is 0. The van der Waals surface area contributed by atoms with Gasteiger partial charge in [0.2, 0.25) is 5.91 Å². The summed E-state index contributed by atoms with van der Waals surface area (Å²) in [5.41, 5.74) is 7.27. The Kier molecular flexibility index (Phi) is 5.32. The van der Waals surface area contributed by atoms with E-state index in [-0.39, 0.29) is 17.3 Å². The molecule has 0 unspecified atom stereocenters. The zero-order valence-corrected chi connectivity index (χ0v) is 12.7. The van der Waals surface area contributed by atoms with E-state index in [0.29, 0.717) is 5.69 Å². The molecule has 0 aliphatic carbocycles. The molecule has 0 heterocycles. The number of nitrogens with two attached hydrogens (primary N) is 1. The van der Waals surface area contributed by atoms with E-state index >= 15 is 0 Å². The summed E-state index contributed by atoms with van der Waals surface area (Å²) in [6.07, 6.45) is 0. The number of hydrogen-bond acceptors (Lipinski definition) is 5. The van der Waals surface area contributed by atoms with Crippen molar-refractivity contribution in [1.29, 1.82) is 0 Å². The van der Waals surface area contributed by atoms with Gasteiger partial charge in [-0.2, -0.15) is 0 Å². The van der Waals surface area contributed by atoms with Gasteiger partial charge in [-0.1, -0.05) is 23.9 Å². The largest absolute Gasteiger partial charge is 0.361 e. The summed E-state index contributed by atoms with van der Waals surface area (Å²) in [4.78, 5) is 32.3. The highest BCUT2D eigenvalue weighted by Crippen LogP contribution is 2.23. The van der Waals surface area contributed by atoms with E-state index in [2.05, 4.69) is 5.32 Å². The lowest BCUT2D eigenvalue weighted by Crippen LogP contribution is -2.16. The van der Waals surface area contributed by atoms with Crippen molar-refractivity contribution in [3.8, 4) is 11.1 Å². The summed E-state index contributed by atoms with van der Waals surface area (Å²) in [6, 6.07) is 13.2. The van der Waals surface area contributed by atoms with E-state index in [1.165, 1.54) is 12.1 Å². The summed E-state index contributed by atoms with van der Waals surface area (Å²) in [5.74, 6) is -0.365. The van der Waals surface area contributed by atoms with Crippen LogP contribution < -0.4 is 11.1 Å². The molecule has 3 N–H and O–H groups in total. The number of carbonyl (C=O) groups excluding carboxylic acids is 2. The smallest absolute Gasteiger partial charge is 0.276 e. The van der Waals surface area contributed by atoms with Crippen LogP contribution in [0.1, 0.15) is 0 Å². The second-order valence-corrected chi connectivity index (χ2v) is 5.52. The van der Waals surface area contributed by atoms with Crippen LogP contribution in [0, 0.1) is 10.1 Å². The standard InChI is InChI=1S/C15H13N3O4S/c16-15(20)23-9-14(19)17-12-5-1-10(2-6-12)11-3-7-13(8-4-11)18(21)22/h1-8H,9H2,(H2,16,20)(H,17,19). The van der Waals surface area contributed by atoms with Crippen molar-refractivity contribution in [2.45, 2.75) is 0 Å². The third-order valence-corrected chi connectivity index (χ3v) is 3.62. The van der Waals surface area contributed by atoms with Gasteiger partial charge in [0, 0.05) is 17.8 Å². The van der Waals surface area contributed by atoms with E-state index < -0.39 is 10.2 Å². The molecular weight excluding hydrogens is 318 g/mol. The number of anilines is 1. The molecule has 0 saturated carbocycles. The van der Waals surface area contributed by atoms with Gasteiger partial charge in [0.25, 0.3) is 10.9 Å². The number of nitrogens with zero attached hydrogens (tertiary/aromatic N) is 1. The number of nitrogens with one attached hydrogen (secondary N) is 1.